The molecular formula is C20H24BrN3O2. The second-order valence-electron chi connectivity index (χ2n) is 6.13. The third-order valence-corrected chi connectivity index (χ3v) is 4.30. The van der Waals surface area contributed by atoms with Gasteiger partial charge >= 0.3 is 0 Å². The quantitative estimate of drug-likeness (QED) is 0.680. The van der Waals surface area contributed by atoms with Crippen molar-refractivity contribution in [1.29, 1.82) is 0 Å². The Morgan fingerprint density at radius 3 is 2.35 bits per heavy atom. The minimum Gasteiger partial charge on any atom is -0.325 e. The van der Waals surface area contributed by atoms with Gasteiger partial charge in [0.2, 0.25) is 11.8 Å². The first-order valence-electron chi connectivity index (χ1n) is 8.61. The van der Waals surface area contributed by atoms with E-state index >= 15 is 0 Å². The van der Waals surface area contributed by atoms with Gasteiger partial charge in [-0.1, -0.05) is 47.1 Å². The third-order valence-electron chi connectivity index (χ3n) is 3.80. The van der Waals surface area contributed by atoms with E-state index < -0.39 is 0 Å². The van der Waals surface area contributed by atoms with Crippen LogP contribution >= 0.6 is 15.9 Å². The molecule has 5 nitrogen and oxygen atoms in total. The van der Waals surface area contributed by atoms with Gasteiger partial charge in [-0.2, -0.15) is 0 Å². The highest BCUT2D eigenvalue weighted by Gasteiger charge is 2.15. The van der Waals surface area contributed by atoms with Crippen molar-refractivity contribution in [2.24, 2.45) is 0 Å². The average molecular weight is 418 g/mol. The fraction of sp³-hybridized carbons (Fsp3) is 0.300. The van der Waals surface area contributed by atoms with Gasteiger partial charge in [-0.15, -0.1) is 0 Å². The van der Waals surface area contributed by atoms with Crippen molar-refractivity contribution < 1.29 is 9.59 Å². The maximum absolute atomic E-state index is 12.3. The largest absolute Gasteiger partial charge is 0.325 e. The van der Waals surface area contributed by atoms with Crippen molar-refractivity contribution in [3.8, 4) is 0 Å². The molecular weight excluding hydrogens is 394 g/mol. The van der Waals surface area contributed by atoms with Crippen LogP contribution in [0.4, 0.5) is 11.4 Å². The maximum Gasteiger partial charge on any atom is 0.238 e. The molecule has 2 N–H and O–H groups in total. The van der Waals surface area contributed by atoms with Gasteiger partial charge in [0.15, 0.2) is 0 Å². The molecule has 0 atom stereocenters. The molecule has 26 heavy (non-hydrogen) atoms. The van der Waals surface area contributed by atoms with Crippen molar-refractivity contribution in [3.63, 3.8) is 0 Å². The molecule has 6 heteroatoms. The Bertz CT molecular complexity index is 764. The summed E-state index contributed by atoms with van der Waals surface area (Å²) >= 11 is 3.38. The topological polar surface area (TPSA) is 61.4 Å². The molecule has 0 spiro atoms. The number of hydrogen-bond donors (Lipinski definition) is 2. The molecule has 0 unspecified atom stereocenters. The lowest BCUT2D eigenvalue weighted by atomic mass is 10.2. The van der Waals surface area contributed by atoms with Crippen molar-refractivity contribution in [2.45, 2.75) is 20.3 Å². The highest BCUT2D eigenvalue weighted by Crippen LogP contribution is 2.16. The summed E-state index contributed by atoms with van der Waals surface area (Å²) in [6.45, 7) is 4.99. The van der Waals surface area contributed by atoms with Crippen LogP contribution in [-0.2, 0) is 9.59 Å². The van der Waals surface area contributed by atoms with Crippen molar-refractivity contribution in [2.75, 3.05) is 30.3 Å². The number of aryl methyl sites for hydroxylation is 1. The van der Waals surface area contributed by atoms with Crippen LogP contribution in [0.25, 0.3) is 0 Å². The lowest BCUT2D eigenvalue weighted by molar-refractivity contribution is -0.120. The first kappa shape index (κ1) is 20.1. The second kappa shape index (κ2) is 10.1. The van der Waals surface area contributed by atoms with Gasteiger partial charge < -0.3 is 10.6 Å². The number of carbonyl (C=O) groups excluding carboxylic acids is 2. The van der Waals surface area contributed by atoms with E-state index in [1.54, 1.807) is 0 Å². The predicted octanol–water partition coefficient (Wildman–Crippen LogP) is 4.05. The van der Waals surface area contributed by atoms with E-state index in [2.05, 4.69) is 26.6 Å². The van der Waals surface area contributed by atoms with Crippen LogP contribution < -0.4 is 10.6 Å². The first-order chi connectivity index (χ1) is 12.5. The number of anilines is 2. The predicted molar refractivity (Wildman–Crippen MR) is 109 cm³/mol. The number of hydrogen-bond acceptors (Lipinski definition) is 3. The van der Waals surface area contributed by atoms with Gasteiger partial charge in [0, 0.05) is 15.8 Å². The molecule has 0 saturated carbocycles. The van der Waals surface area contributed by atoms with Crippen LogP contribution in [0, 0.1) is 6.92 Å². The summed E-state index contributed by atoms with van der Waals surface area (Å²) in [4.78, 5) is 26.5. The van der Waals surface area contributed by atoms with E-state index in [0.29, 0.717) is 6.54 Å². The number of carbonyl (C=O) groups is 2. The van der Waals surface area contributed by atoms with E-state index in [9.17, 15) is 9.59 Å². The molecule has 2 amide bonds. The second-order valence-corrected chi connectivity index (χ2v) is 7.05. The average Bonchev–Trinajstić information content (AvgIpc) is 2.57. The molecule has 2 rings (SSSR count). The molecule has 0 aromatic heterocycles. The molecule has 2 aromatic rings. The van der Waals surface area contributed by atoms with Crippen LogP contribution in [0.1, 0.15) is 18.9 Å². The van der Waals surface area contributed by atoms with Crippen LogP contribution in [0.3, 0.4) is 0 Å². The Balaban J connectivity index is 1.92. The van der Waals surface area contributed by atoms with Crippen LogP contribution in [0.2, 0.25) is 0 Å². The molecule has 0 aliphatic carbocycles. The molecule has 0 aliphatic rings. The summed E-state index contributed by atoms with van der Waals surface area (Å²) in [6, 6.07) is 15.1. The molecule has 0 radical (unpaired) electrons. The molecule has 0 bridgehead atoms. The summed E-state index contributed by atoms with van der Waals surface area (Å²) in [6.07, 6.45) is 0.863. The highest BCUT2D eigenvalue weighted by atomic mass is 79.9. The lowest BCUT2D eigenvalue weighted by Gasteiger charge is -2.21. The van der Waals surface area contributed by atoms with Crippen molar-refractivity contribution >= 4 is 39.1 Å². The SMILES string of the molecule is CCCN(CC(=O)Nc1cccc(Br)c1)CC(=O)Nc1ccccc1C. The number of nitrogens with one attached hydrogen (secondary N) is 2. The Morgan fingerprint density at radius 1 is 1.00 bits per heavy atom. The number of benzene rings is 2. The Labute approximate surface area is 162 Å². The monoisotopic (exact) mass is 417 g/mol. The normalized spacial score (nSPS) is 10.6. The Kier molecular flexibility index (Phi) is 7.81. The van der Waals surface area contributed by atoms with Gasteiger partial charge in [-0.3, -0.25) is 14.5 Å². The van der Waals surface area contributed by atoms with E-state index in [1.807, 2.05) is 67.3 Å². The van der Waals surface area contributed by atoms with Gasteiger partial charge in [-0.25, -0.2) is 0 Å². The molecule has 0 saturated heterocycles. The molecule has 0 aliphatic heterocycles. The fourth-order valence-electron chi connectivity index (χ4n) is 2.61. The van der Waals surface area contributed by atoms with E-state index in [0.717, 1.165) is 27.8 Å². The Hall–Kier alpha value is -2.18. The maximum atomic E-state index is 12.3. The Morgan fingerprint density at radius 2 is 1.69 bits per heavy atom. The van der Waals surface area contributed by atoms with Crippen molar-refractivity contribution in [1.82, 2.24) is 4.90 Å². The summed E-state index contributed by atoms with van der Waals surface area (Å²) in [5.41, 5.74) is 2.54. The first-order valence-corrected chi connectivity index (χ1v) is 9.40. The van der Waals surface area contributed by atoms with E-state index in [4.69, 9.17) is 0 Å². The third kappa shape index (κ3) is 6.61. The summed E-state index contributed by atoms with van der Waals surface area (Å²) in [7, 11) is 0. The fourth-order valence-corrected chi connectivity index (χ4v) is 3.01. The number of nitrogens with zero attached hydrogens (tertiary/aromatic N) is 1. The number of para-hydroxylation sites is 1. The van der Waals surface area contributed by atoms with Gasteiger partial charge in [0.05, 0.1) is 13.1 Å². The summed E-state index contributed by atoms with van der Waals surface area (Å²) < 4.78 is 0.901. The van der Waals surface area contributed by atoms with Gasteiger partial charge in [0.1, 0.15) is 0 Å². The van der Waals surface area contributed by atoms with Crippen LogP contribution in [0.15, 0.2) is 53.0 Å². The van der Waals surface area contributed by atoms with E-state index in [-0.39, 0.29) is 24.9 Å². The van der Waals surface area contributed by atoms with Gasteiger partial charge in [0.25, 0.3) is 0 Å². The zero-order valence-corrected chi connectivity index (χ0v) is 16.7. The van der Waals surface area contributed by atoms with E-state index in [1.165, 1.54) is 0 Å². The zero-order valence-electron chi connectivity index (χ0n) is 15.1. The molecule has 0 fully saturated rings. The van der Waals surface area contributed by atoms with Crippen LogP contribution in [-0.4, -0.2) is 36.3 Å². The molecule has 138 valence electrons. The van der Waals surface area contributed by atoms with Crippen molar-refractivity contribution in [3.05, 3.63) is 58.6 Å². The zero-order chi connectivity index (χ0) is 18.9. The summed E-state index contributed by atoms with van der Waals surface area (Å²) in [5, 5.41) is 5.77. The molecule has 0 heterocycles. The standard InChI is InChI=1S/C20H24BrN3O2/c1-3-11-24(13-19(25)22-17-9-6-8-16(21)12-17)14-20(26)23-18-10-5-4-7-15(18)2/h4-10,12H,3,11,13-14H2,1-2H3,(H,22,25)(H,23,26). The smallest absolute Gasteiger partial charge is 0.238 e. The number of amides is 2. The highest BCUT2D eigenvalue weighted by molar-refractivity contribution is 9.10. The van der Waals surface area contributed by atoms with Gasteiger partial charge in [-0.05, 0) is 49.7 Å². The molecule has 2 aromatic carbocycles. The lowest BCUT2D eigenvalue weighted by Crippen LogP contribution is -2.39. The summed E-state index contributed by atoms with van der Waals surface area (Å²) in [5.74, 6) is -0.261. The van der Waals surface area contributed by atoms with Crippen LogP contribution in [0.5, 0.6) is 0 Å². The minimum absolute atomic E-state index is 0.122. The number of rotatable bonds is 8. The number of halogens is 1. The minimum atomic E-state index is -0.139.